The predicted octanol–water partition coefficient (Wildman–Crippen LogP) is 1.89. The number of amides is 5. The van der Waals surface area contributed by atoms with E-state index >= 15 is 0 Å². The van der Waals surface area contributed by atoms with E-state index in [1.54, 1.807) is 41.5 Å². The van der Waals surface area contributed by atoms with Crippen molar-refractivity contribution in [2.45, 2.75) is 118 Å². The molecule has 1 aliphatic heterocycles. The van der Waals surface area contributed by atoms with Crippen LogP contribution in [-0.4, -0.2) is 76.7 Å². The monoisotopic (exact) mass is 605 g/mol. The van der Waals surface area contributed by atoms with Gasteiger partial charge in [0.05, 0.1) is 0 Å². The number of fused-ring (bicyclic) bond motifs is 1. The Labute approximate surface area is 255 Å². The molecule has 3 aliphatic rings. The van der Waals surface area contributed by atoms with Crippen LogP contribution in [0.25, 0.3) is 0 Å². The Morgan fingerprint density at radius 1 is 0.977 bits per heavy atom. The fraction of sp³-hybridized carbons (Fsp3) is 0.806. The molecule has 1 heterocycles. The largest absolute Gasteiger partial charge is 0.458 e. The number of ether oxygens (including phenoxy) is 1. The highest BCUT2D eigenvalue weighted by molar-refractivity contribution is 6.38. The Kier molecular flexibility index (Phi) is 9.63. The molecule has 0 aromatic rings. The number of esters is 1. The molecule has 12 heteroatoms. The van der Waals surface area contributed by atoms with Crippen molar-refractivity contribution in [3.05, 3.63) is 0 Å². The van der Waals surface area contributed by atoms with E-state index in [1.807, 2.05) is 27.7 Å². The van der Waals surface area contributed by atoms with Gasteiger partial charge in [-0.1, -0.05) is 54.9 Å². The Bertz CT molecular complexity index is 1150. The molecule has 3 fully saturated rings. The fourth-order valence-corrected chi connectivity index (χ4v) is 6.20. The Morgan fingerprint density at radius 3 is 2.02 bits per heavy atom. The van der Waals surface area contributed by atoms with E-state index in [2.05, 4.69) is 16.0 Å². The summed E-state index contributed by atoms with van der Waals surface area (Å²) in [5.41, 5.74) is 3.56. The fourth-order valence-electron chi connectivity index (χ4n) is 6.20. The number of carbonyl (C=O) groups excluding carboxylic acids is 6. The molecule has 242 valence electrons. The summed E-state index contributed by atoms with van der Waals surface area (Å²) in [5, 5.41) is 8.23. The third-order valence-electron chi connectivity index (χ3n) is 9.23. The van der Waals surface area contributed by atoms with Crippen LogP contribution in [0, 0.1) is 34.5 Å². The number of Topliss-reactive ketones (excluding diaryl/α,β-unsaturated/α-hetero) is 1. The maximum Gasteiger partial charge on any atom is 0.329 e. The summed E-state index contributed by atoms with van der Waals surface area (Å²) < 4.78 is 5.53. The van der Waals surface area contributed by atoms with Crippen molar-refractivity contribution in [1.82, 2.24) is 20.9 Å². The van der Waals surface area contributed by atoms with Gasteiger partial charge in [-0.3, -0.25) is 19.2 Å². The number of rotatable bonds is 11. The van der Waals surface area contributed by atoms with E-state index in [4.69, 9.17) is 10.5 Å². The molecule has 5 amide bonds. The summed E-state index contributed by atoms with van der Waals surface area (Å²) in [6.07, 6.45) is 2.00. The standard InChI is InChI=1S/C31H51N5O7/c1-11-15(2)19(27(41)43-30(6,7)8)34-28(42)35-23(29(3,4)5)26(40)36-14-17-18(31(17,9)10)21(36)25(39)33-20(16-12-13-16)22(37)24(32)38/h15-21,23H,11-14H2,1-10H3,(H2,32,38)(H,33,39)(H2,34,35,42)/t15-,17-,18-,19-,20?,21-,23+/m0/s1. The van der Waals surface area contributed by atoms with Crippen molar-refractivity contribution in [2.75, 3.05) is 6.54 Å². The summed E-state index contributed by atoms with van der Waals surface area (Å²) in [4.78, 5) is 79.8. The van der Waals surface area contributed by atoms with Gasteiger partial charge in [-0.15, -0.1) is 0 Å². The van der Waals surface area contributed by atoms with Crippen molar-refractivity contribution in [2.24, 2.45) is 40.2 Å². The van der Waals surface area contributed by atoms with Gasteiger partial charge in [-0.2, -0.15) is 0 Å². The molecule has 0 radical (unpaired) electrons. The second kappa shape index (κ2) is 12.1. The molecule has 0 aromatic heterocycles. The zero-order chi connectivity index (χ0) is 32.8. The lowest BCUT2D eigenvalue weighted by molar-refractivity contribution is -0.158. The van der Waals surface area contributed by atoms with Crippen LogP contribution in [0.2, 0.25) is 0 Å². The molecule has 0 bridgehead atoms. The highest BCUT2D eigenvalue weighted by atomic mass is 16.6. The number of ketones is 1. The van der Waals surface area contributed by atoms with Crippen LogP contribution < -0.4 is 21.7 Å². The Morgan fingerprint density at radius 2 is 1.56 bits per heavy atom. The minimum atomic E-state index is -1.11. The van der Waals surface area contributed by atoms with E-state index in [9.17, 15) is 28.8 Å². The summed E-state index contributed by atoms with van der Waals surface area (Å²) in [5.74, 6) is -3.92. The van der Waals surface area contributed by atoms with Gasteiger partial charge in [-0.25, -0.2) is 9.59 Å². The number of urea groups is 1. The Hall–Kier alpha value is -3.18. The number of nitrogens with one attached hydrogen (secondary N) is 3. The van der Waals surface area contributed by atoms with Crippen LogP contribution in [0.1, 0.15) is 88.5 Å². The summed E-state index contributed by atoms with van der Waals surface area (Å²) in [6, 6.07) is -4.56. The van der Waals surface area contributed by atoms with Crippen LogP contribution in [0.15, 0.2) is 0 Å². The van der Waals surface area contributed by atoms with Crippen molar-refractivity contribution >= 4 is 35.5 Å². The van der Waals surface area contributed by atoms with Crippen LogP contribution in [0.3, 0.4) is 0 Å². The van der Waals surface area contributed by atoms with Gasteiger partial charge in [0.2, 0.25) is 17.6 Å². The van der Waals surface area contributed by atoms with Gasteiger partial charge in [0.1, 0.15) is 29.8 Å². The number of piperidine rings is 1. The number of hydrogen-bond acceptors (Lipinski definition) is 7. The molecular weight excluding hydrogens is 554 g/mol. The first-order valence-electron chi connectivity index (χ1n) is 15.4. The lowest BCUT2D eigenvalue weighted by Gasteiger charge is -2.38. The molecule has 2 aliphatic carbocycles. The molecule has 3 rings (SSSR count). The highest BCUT2D eigenvalue weighted by Gasteiger charge is 2.70. The predicted molar refractivity (Wildman–Crippen MR) is 159 cm³/mol. The van der Waals surface area contributed by atoms with E-state index in [-0.39, 0.29) is 29.1 Å². The summed E-state index contributed by atoms with van der Waals surface area (Å²) in [6.45, 7) is 18.8. The molecule has 1 saturated heterocycles. The van der Waals surface area contributed by atoms with Crippen molar-refractivity contribution in [1.29, 1.82) is 0 Å². The zero-order valence-corrected chi connectivity index (χ0v) is 27.3. The van der Waals surface area contributed by atoms with E-state index in [1.165, 1.54) is 4.90 Å². The minimum Gasteiger partial charge on any atom is -0.458 e. The molecule has 5 N–H and O–H groups in total. The Balaban J connectivity index is 1.82. The van der Waals surface area contributed by atoms with Gasteiger partial charge in [0, 0.05) is 6.54 Å². The van der Waals surface area contributed by atoms with E-state index in [0.29, 0.717) is 25.8 Å². The molecular formula is C31H51N5O7. The smallest absolute Gasteiger partial charge is 0.329 e. The van der Waals surface area contributed by atoms with Gasteiger partial charge in [-0.05, 0) is 68.1 Å². The molecule has 43 heavy (non-hydrogen) atoms. The quantitative estimate of drug-likeness (QED) is 0.205. The highest BCUT2D eigenvalue weighted by Crippen LogP contribution is 2.65. The first-order valence-corrected chi connectivity index (χ1v) is 15.4. The SMILES string of the molecule is CC[C@H](C)[C@H](NC(=O)N[C@H](C(=O)N1C[C@H]2[C@@H]([C@H]1C(=O)NC(C(=O)C(N)=O)C1CC1)C2(C)C)C(C)(C)C)C(=O)OC(C)(C)C. The van der Waals surface area contributed by atoms with Crippen molar-refractivity contribution in [3.8, 4) is 0 Å². The number of hydrogen-bond donors (Lipinski definition) is 4. The maximum absolute atomic E-state index is 14.2. The number of carbonyl (C=O) groups is 6. The van der Waals surface area contributed by atoms with Crippen LogP contribution in [-0.2, 0) is 28.7 Å². The normalized spacial score (nSPS) is 25.3. The molecule has 0 aromatic carbocycles. The first-order chi connectivity index (χ1) is 19.6. The maximum atomic E-state index is 14.2. The molecule has 7 atom stereocenters. The lowest BCUT2D eigenvalue weighted by atomic mass is 9.85. The number of likely N-dealkylation sites (tertiary alicyclic amines) is 1. The second-order valence-electron chi connectivity index (χ2n) is 15.3. The molecule has 0 spiro atoms. The van der Waals surface area contributed by atoms with Gasteiger partial charge >= 0.3 is 12.0 Å². The topological polar surface area (TPSA) is 177 Å². The third-order valence-corrected chi connectivity index (χ3v) is 9.23. The first kappa shape index (κ1) is 34.3. The average molecular weight is 606 g/mol. The van der Waals surface area contributed by atoms with Crippen molar-refractivity contribution in [3.63, 3.8) is 0 Å². The molecule has 2 saturated carbocycles. The molecule has 1 unspecified atom stereocenters. The number of primary amides is 1. The average Bonchev–Trinajstić information content (AvgIpc) is 3.74. The van der Waals surface area contributed by atoms with Gasteiger partial charge < -0.3 is 31.3 Å². The minimum absolute atomic E-state index is 0.0646. The van der Waals surface area contributed by atoms with E-state index in [0.717, 1.165) is 0 Å². The van der Waals surface area contributed by atoms with Crippen LogP contribution in [0.4, 0.5) is 4.79 Å². The third kappa shape index (κ3) is 7.67. The summed E-state index contributed by atoms with van der Waals surface area (Å²) in [7, 11) is 0. The van der Waals surface area contributed by atoms with Crippen molar-refractivity contribution < 1.29 is 33.5 Å². The van der Waals surface area contributed by atoms with Gasteiger partial charge in [0.25, 0.3) is 5.91 Å². The second-order valence-corrected chi connectivity index (χ2v) is 15.3. The van der Waals surface area contributed by atoms with Crippen LogP contribution >= 0.6 is 0 Å². The zero-order valence-electron chi connectivity index (χ0n) is 27.3. The van der Waals surface area contributed by atoms with Gasteiger partial charge in [0.15, 0.2) is 0 Å². The van der Waals surface area contributed by atoms with Crippen LogP contribution in [0.5, 0.6) is 0 Å². The summed E-state index contributed by atoms with van der Waals surface area (Å²) >= 11 is 0. The number of nitrogens with zero attached hydrogens (tertiary/aromatic N) is 1. The lowest BCUT2D eigenvalue weighted by Crippen LogP contribution is -2.62. The van der Waals surface area contributed by atoms with E-state index < -0.39 is 70.7 Å². The number of nitrogens with two attached hydrogens (primary N) is 1. The molecule has 12 nitrogen and oxygen atoms in total.